The summed E-state index contributed by atoms with van der Waals surface area (Å²) >= 11 is 0. The van der Waals surface area contributed by atoms with Gasteiger partial charge in [-0.3, -0.25) is 4.79 Å². The summed E-state index contributed by atoms with van der Waals surface area (Å²) in [7, 11) is -3.91. The van der Waals surface area contributed by atoms with Gasteiger partial charge < -0.3 is 15.3 Å². The van der Waals surface area contributed by atoms with Gasteiger partial charge in [0, 0.05) is 24.1 Å². The fourth-order valence-corrected chi connectivity index (χ4v) is 6.45. The second-order valence-corrected chi connectivity index (χ2v) is 12.0. The number of sulfonamides is 1. The summed E-state index contributed by atoms with van der Waals surface area (Å²) in [6, 6.07) is 14.1. The van der Waals surface area contributed by atoms with Crippen molar-refractivity contribution in [1.29, 1.82) is 0 Å². The van der Waals surface area contributed by atoms with E-state index in [1.165, 1.54) is 22.5 Å². The first-order valence-electron chi connectivity index (χ1n) is 13.2. The highest BCUT2D eigenvalue weighted by atomic mass is 32.2. The highest BCUT2D eigenvalue weighted by molar-refractivity contribution is 7.92. The molecule has 3 aromatic rings. The third kappa shape index (κ3) is 6.41. The second-order valence-electron chi connectivity index (χ2n) is 10.2. The molecule has 0 fully saturated rings. The lowest BCUT2D eigenvalue weighted by Gasteiger charge is -2.33. The lowest BCUT2D eigenvalue weighted by Crippen LogP contribution is -2.37. The molecular weight excluding hydrogens is 535 g/mol. The van der Waals surface area contributed by atoms with Crippen LogP contribution in [0.25, 0.3) is 17.2 Å². The van der Waals surface area contributed by atoms with E-state index in [1.54, 1.807) is 48.5 Å². The van der Waals surface area contributed by atoms with Crippen molar-refractivity contribution in [3.63, 3.8) is 0 Å². The molecule has 2 atom stereocenters. The second kappa shape index (κ2) is 12.3. The van der Waals surface area contributed by atoms with E-state index in [9.17, 15) is 27.8 Å². The van der Waals surface area contributed by atoms with Crippen LogP contribution < -0.4 is 4.31 Å². The lowest BCUT2D eigenvalue weighted by molar-refractivity contribution is -0.139. The zero-order valence-corrected chi connectivity index (χ0v) is 23.2. The van der Waals surface area contributed by atoms with Crippen LogP contribution in [0, 0.1) is 5.82 Å². The van der Waals surface area contributed by atoms with E-state index in [1.807, 2.05) is 13.8 Å². The number of pyridine rings is 1. The highest BCUT2D eigenvalue weighted by Gasteiger charge is 2.34. The number of fused-ring (bicyclic) bond motifs is 1. The Bertz CT molecular complexity index is 1490. The molecule has 0 amide bonds. The van der Waals surface area contributed by atoms with Crippen LogP contribution in [0.1, 0.15) is 55.8 Å². The fraction of sp³-hybridized carbons (Fsp3) is 0.333. The van der Waals surface area contributed by atoms with Gasteiger partial charge in [0.25, 0.3) is 10.0 Å². The van der Waals surface area contributed by atoms with E-state index in [-0.39, 0.29) is 23.8 Å². The molecule has 0 unspecified atom stereocenters. The number of hydrogen-bond acceptors (Lipinski definition) is 6. The maximum absolute atomic E-state index is 13.9. The molecule has 2 aromatic carbocycles. The molecule has 3 N–H and O–H groups in total. The topological polar surface area (TPSA) is 128 Å². The maximum atomic E-state index is 13.9. The number of aliphatic hydroxyl groups is 2. The number of carbonyl (C=O) groups is 1. The minimum atomic E-state index is -3.91. The first kappa shape index (κ1) is 29.4. The molecule has 212 valence electrons. The van der Waals surface area contributed by atoms with Gasteiger partial charge in [-0.05, 0) is 54.2 Å². The van der Waals surface area contributed by atoms with Crippen LogP contribution >= 0.6 is 0 Å². The van der Waals surface area contributed by atoms with Crippen molar-refractivity contribution in [2.45, 2.75) is 62.6 Å². The van der Waals surface area contributed by atoms with Crippen molar-refractivity contribution in [2.24, 2.45) is 0 Å². The van der Waals surface area contributed by atoms with Gasteiger partial charge in [-0.2, -0.15) is 0 Å². The molecule has 0 spiro atoms. The smallest absolute Gasteiger partial charge is 0.305 e. The molecule has 8 nitrogen and oxygen atoms in total. The van der Waals surface area contributed by atoms with Crippen LogP contribution in [0.15, 0.2) is 65.6 Å². The molecule has 0 saturated heterocycles. The number of carboxylic acid groups (broad SMARTS) is 1. The number of halogens is 1. The predicted octanol–water partition coefficient (Wildman–Crippen LogP) is 4.75. The van der Waals surface area contributed by atoms with Gasteiger partial charge in [0.15, 0.2) is 0 Å². The predicted molar refractivity (Wildman–Crippen MR) is 151 cm³/mol. The Morgan fingerprint density at radius 1 is 1.10 bits per heavy atom. The molecule has 0 aliphatic carbocycles. The molecule has 1 aliphatic heterocycles. The monoisotopic (exact) mass is 568 g/mol. The fourth-order valence-electron chi connectivity index (χ4n) is 4.95. The average molecular weight is 569 g/mol. The summed E-state index contributed by atoms with van der Waals surface area (Å²) in [6.45, 7) is 4.10. The zero-order chi connectivity index (χ0) is 29.0. The minimum Gasteiger partial charge on any atom is -0.481 e. The van der Waals surface area contributed by atoms with Crippen molar-refractivity contribution in [1.82, 2.24) is 4.98 Å². The van der Waals surface area contributed by atoms with Gasteiger partial charge >= 0.3 is 5.97 Å². The van der Waals surface area contributed by atoms with Crippen LogP contribution in [0.4, 0.5) is 10.2 Å². The van der Waals surface area contributed by atoms with E-state index in [0.717, 1.165) is 0 Å². The van der Waals surface area contributed by atoms with E-state index in [2.05, 4.69) is 0 Å². The number of hydrogen-bond donors (Lipinski definition) is 3. The van der Waals surface area contributed by atoms with Gasteiger partial charge in [-0.25, -0.2) is 22.1 Å². The summed E-state index contributed by atoms with van der Waals surface area (Å²) in [5, 5.41) is 29.4. The number of nitrogens with zero attached hydrogens (tertiary/aromatic N) is 2. The van der Waals surface area contributed by atoms with Crippen molar-refractivity contribution < 1.29 is 32.9 Å². The summed E-state index contributed by atoms with van der Waals surface area (Å²) < 4.78 is 42.7. The zero-order valence-electron chi connectivity index (χ0n) is 22.4. The molecule has 10 heteroatoms. The Balaban J connectivity index is 1.90. The number of aliphatic carboxylic acids is 1. The molecular formula is C30H33FN2O6S. The average Bonchev–Trinajstić information content (AvgIpc) is 2.91. The molecule has 0 bridgehead atoms. The number of carboxylic acids is 1. The largest absolute Gasteiger partial charge is 0.481 e. The van der Waals surface area contributed by atoms with Gasteiger partial charge in [-0.15, -0.1) is 0 Å². The summed E-state index contributed by atoms with van der Waals surface area (Å²) in [6.07, 6.45) is 1.19. The first-order valence-corrected chi connectivity index (χ1v) is 14.6. The van der Waals surface area contributed by atoms with Crippen molar-refractivity contribution in [3.8, 4) is 11.1 Å². The molecule has 40 heavy (non-hydrogen) atoms. The van der Waals surface area contributed by atoms with Gasteiger partial charge in [-0.1, -0.05) is 56.3 Å². The quantitative estimate of drug-likeness (QED) is 0.322. The van der Waals surface area contributed by atoms with Gasteiger partial charge in [0.2, 0.25) is 0 Å². The Hall–Kier alpha value is -3.60. The maximum Gasteiger partial charge on any atom is 0.305 e. The van der Waals surface area contributed by atoms with Crippen LogP contribution in [-0.2, 0) is 21.2 Å². The lowest BCUT2D eigenvalue weighted by atomic mass is 9.87. The van der Waals surface area contributed by atoms with Crippen LogP contribution in [0.2, 0.25) is 0 Å². The van der Waals surface area contributed by atoms with Crippen molar-refractivity contribution >= 4 is 27.9 Å². The summed E-state index contributed by atoms with van der Waals surface area (Å²) in [5.41, 5.74) is 3.29. The van der Waals surface area contributed by atoms with Gasteiger partial charge in [0.05, 0.1) is 29.2 Å². The minimum absolute atomic E-state index is 0.151. The number of aromatic nitrogens is 1. The number of rotatable bonds is 10. The molecule has 0 radical (unpaired) electrons. The van der Waals surface area contributed by atoms with Crippen molar-refractivity contribution in [3.05, 3.63) is 83.3 Å². The Labute approximate surface area is 233 Å². The number of benzene rings is 2. The van der Waals surface area contributed by atoms with E-state index in [0.29, 0.717) is 46.6 Å². The third-order valence-electron chi connectivity index (χ3n) is 6.79. The SMILES string of the molecule is CC(C)c1nc2c(c(-c3ccc(F)cc3)c1/C=C/[C@@H](O)C[C@@H](O)CC(=O)O)CCCN2S(=O)(=O)c1ccccc1. The van der Waals surface area contributed by atoms with E-state index < -0.39 is 40.4 Å². The van der Waals surface area contributed by atoms with Crippen LogP contribution in [0.5, 0.6) is 0 Å². The third-order valence-corrected chi connectivity index (χ3v) is 8.59. The first-order chi connectivity index (χ1) is 19.0. The molecule has 4 rings (SSSR count). The molecule has 1 aromatic heterocycles. The molecule has 0 saturated carbocycles. The van der Waals surface area contributed by atoms with Crippen LogP contribution in [0.3, 0.4) is 0 Å². The molecule has 1 aliphatic rings. The van der Waals surface area contributed by atoms with E-state index in [4.69, 9.17) is 10.1 Å². The normalized spacial score (nSPS) is 15.3. The summed E-state index contributed by atoms with van der Waals surface area (Å²) in [5.74, 6) is -1.41. The molecule has 2 heterocycles. The van der Waals surface area contributed by atoms with Crippen LogP contribution in [-0.4, -0.2) is 53.4 Å². The highest BCUT2D eigenvalue weighted by Crippen LogP contribution is 2.42. The number of anilines is 1. The Kier molecular flexibility index (Phi) is 9.02. The van der Waals surface area contributed by atoms with E-state index >= 15 is 0 Å². The van der Waals surface area contributed by atoms with Crippen molar-refractivity contribution in [2.75, 3.05) is 10.8 Å². The summed E-state index contributed by atoms with van der Waals surface area (Å²) in [4.78, 5) is 15.9. The number of aliphatic hydroxyl groups excluding tert-OH is 2. The Morgan fingerprint density at radius 3 is 2.40 bits per heavy atom. The standard InChI is InChI=1S/C30H33FN2O6S/c1-19(2)29-25(15-14-22(34)17-23(35)18-27(36)37)28(20-10-12-21(31)13-11-20)26-9-6-16-33(30(26)32-29)40(38,39)24-7-4-3-5-8-24/h3-5,7-8,10-15,19,22-23,34-35H,6,9,16-18H2,1-2H3,(H,36,37)/b15-14+/t22-,23-/m1/s1. The Morgan fingerprint density at radius 2 is 1.77 bits per heavy atom. The van der Waals surface area contributed by atoms with Gasteiger partial charge in [0.1, 0.15) is 11.6 Å².